The van der Waals surface area contributed by atoms with Gasteiger partial charge in [0.2, 0.25) is 0 Å². The molecule has 0 fully saturated rings. The Hall–Kier alpha value is -0.820. The van der Waals surface area contributed by atoms with Crippen LogP contribution in [0.4, 0.5) is 0 Å². The van der Waals surface area contributed by atoms with Crippen LogP contribution >= 0.6 is 0 Å². The Balaban J connectivity index is 2.70. The molecule has 0 aliphatic rings. The summed E-state index contributed by atoms with van der Waals surface area (Å²) in [6.07, 6.45) is 1.08. The molecular formula is C12H18O. The highest BCUT2D eigenvalue weighted by Crippen LogP contribution is 2.20. The van der Waals surface area contributed by atoms with Crippen molar-refractivity contribution in [3.05, 3.63) is 35.4 Å². The Morgan fingerprint density at radius 1 is 1.00 bits per heavy atom. The number of aliphatic hydroxyl groups is 1. The minimum absolute atomic E-state index is 0.135. The van der Waals surface area contributed by atoms with Gasteiger partial charge in [0.25, 0.3) is 0 Å². The minimum atomic E-state index is 0.135. The second-order valence-corrected chi connectivity index (χ2v) is 4.71. The lowest BCUT2D eigenvalue weighted by Gasteiger charge is -2.18. The predicted octanol–water partition coefficient (Wildman–Crippen LogP) is 2.77. The van der Waals surface area contributed by atoms with Gasteiger partial charge in [0, 0.05) is 0 Å². The van der Waals surface area contributed by atoms with Crippen LogP contribution in [0, 0.1) is 5.41 Å². The maximum absolute atomic E-state index is 8.86. The van der Waals surface area contributed by atoms with Crippen LogP contribution in [-0.2, 0) is 13.0 Å². The molecule has 1 nitrogen and oxygen atoms in total. The SMILES string of the molecule is CC(C)(C)Cc1ccc(CO)cc1. The van der Waals surface area contributed by atoms with E-state index in [0.29, 0.717) is 5.41 Å². The first-order valence-corrected chi connectivity index (χ1v) is 4.70. The van der Waals surface area contributed by atoms with Gasteiger partial charge in [-0.05, 0) is 23.0 Å². The second-order valence-electron chi connectivity index (χ2n) is 4.71. The first kappa shape index (κ1) is 10.3. The van der Waals surface area contributed by atoms with E-state index in [-0.39, 0.29) is 6.61 Å². The van der Waals surface area contributed by atoms with E-state index in [4.69, 9.17) is 5.11 Å². The van der Waals surface area contributed by atoms with E-state index in [0.717, 1.165) is 12.0 Å². The van der Waals surface area contributed by atoms with Crippen LogP contribution in [0.15, 0.2) is 24.3 Å². The van der Waals surface area contributed by atoms with Crippen molar-refractivity contribution in [1.82, 2.24) is 0 Å². The van der Waals surface area contributed by atoms with Crippen LogP contribution in [0.5, 0.6) is 0 Å². The maximum atomic E-state index is 8.86. The van der Waals surface area contributed by atoms with Crippen molar-refractivity contribution in [2.45, 2.75) is 33.8 Å². The Kier molecular flexibility index (Phi) is 3.10. The maximum Gasteiger partial charge on any atom is 0.0681 e. The minimum Gasteiger partial charge on any atom is -0.392 e. The molecule has 0 aliphatic carbocycles. The summed E-state index contributed by atoms with van der Waals surface area (Å²) in [7, 11) is 0. The largest absolute Gasteiger partial charge is 0.392 e. The molecule has 0 heterocycles. The van der Waals surface area contributed by atoms with E-state index >= 15 is 0 Å². The zero-order valence-corrected chi connectivity index (χ0v) is 8.67. The van der Waals surface area contributed by atoms with Crippen LogP contribution < -0.4 is 0 Å². The number of rotatable bonds is 2. The van der Waals surface area contributed by atoms with Crippen molar-refractivity contribution in [2.24, 2.45) is 5.41 Å². The predicted molar refractivity (Wildman–Crippen MR) is 55.5 cm³/mol. The molecule has 0 amide bonds. The van der Waals surface area contributed by atoms with Crippen LogP contribution in [0.25, 0.3) is 0 Å². The third-order valence-corrected chi connectivity index (χ3v) is 1.94. The highest BCUT2D eigenvalue weighted by molar-refractivity contribution is 5.22. The summed E-state index contributed by atoms with van der Waals surface area (Å²) in [5.74, 6) is 0. The number of hydrogen-bond donors (Lipinski definition) is 1. The zero-order chi connectivity index (χ0) is 9.90. The molecule has 1 N–H and O–H groups in total. The lowest BCUT2D eigenvalue weighted by Crippen LogP contribution is -2.08. The van der Waals surface area contributed by atoms with E-state index in [1.54, 1.807) is 0 Å². The van der Waals surface area contributed by atoms with E-state index in [9.17, 15) is 0 Å². The van der Waals surface area contributed by atoms with Crippen molar-refractivity contribution >= 4 is 0 Å². The molecule has 1 aromatic rings. The topological polar surface area (TPSA) is 20.2 Å². The smallest absolute Gasteiger partial charge is 0.0681 e. The molecule has 0 atom stereocenters. The van der Waals surface area contributed by atoms with Gasteiger partial charge in [0.05, 0.1) is 6.61 Å². The fourth-order valence-corrected chi connectivity index (χ4v) is 1.37. The molecule has 1 rings (SSSR count). The van der Waals surface area contributed by atoms with Gasteiger partial charge in [-0.3, -0.25) is 0 Å². The summed E-state index contributed by atoms with van der Waals surface area (Å²) in [4.78, 5) is 0. The monoisotopic (exact) mass is 178 g/mol. The fourth-order valence-electron chi connectivity index (χ4n) is 1.37. The Morgan fingerprint density at radius 3 is 1.85 bits per heavy atom. The van der Waals surface area contributed by atoms with Crippen molar-refractivity contribution in [3.63, 3.8) is 0 Å². The third-order valence-electron chi connectivity index (χ3n) is 1.94. The van der Waals surface area contributed by atoms with E-state index in [1.165, 1.54) is 5.56 Å². The third kappa shape index (κ3) is 3.60. The standard InChI is InChI=1S/C12H18O/c1-12(2,3)8-10-4-6-11(9-13)7-5-10/h4-7,13H,8-9H2,1-3H3. The summed E-state index contributed by atoms with van der Waals surface area (Å²) < 4.78 is 0. The Labute approximate surface area is 80.4 Å². The van der Waals surface area contributed by atoms with Gasteiger partial charge in [0.15, 0.2) is 0 Å². The van der Waals surface area contributed by atoms with Gasteiger partial charge in [0.1, 0.15) is 0 Å². The molecule has 0 aliphatic heterocycles. The average molecular weight is 178 g/mol. The van der Waals surface area contributed by atoms with Gasteiger partial charge >= 0.3 is 0 Å². The second kappa shape index (κ2) is 3.93. The summed E-state index contributed by atoms with van der Waals surface area (Å²) in [5, 5.41) is 8.86. The molecule has 1 heteroatoms. The lowest BCUT2D eigenvalue weighted by molar-refractivity contribution is 0.282. The van der Waals surface area contributed by atoms with E-state index < -0.39 is 0 Å². The summed E-state index contributed by atoms with van der Waals surface area (Å²) in [6, 6.07) is 8.16. The normalized spacial score (nSPS) is 11.7. The zero-order valence-electron chi connectivity index (χ0n) is 8.67. The van der Waals surface area contributed by atoms with Gasteiger partial charge < -0.3 is 5.11 Å². The summed E-state index contributed by atoms with van der Waals surface area (Å²) in [5.41, 5.74) is 2.66. The van der Waals surface area contributed by atoms with Crippen molar-refractivity contribution in [1.29, 1.82) is 0 Å². The average Bonchev–Trinajstić information content (AvgIpc) is 2.03. The Morgan fingerprint density at radius 2 is 1.46 bits per heavy atom. The van der Waals surface area contributed by atoms with Crippen molar-refractivity contribution in [2.75, 3.05) is 0 Å². The molecule has 0 unspecified atom stereocenters. The molecule has 0 radical (unpaired) electrons. The molecule has 0 saturated heterocycles. The summed E-state index contributed by atoms with van der Waals surface area (Å²) >= 11 is 0. The fraction of sp³-hybridized carbons (Fsp3) is 0.500. The van der Waals surface area contributed by atoms with Gasteiger partial charge in [-0.2, -0.15) is 0 Å². The Bertz CT molecular complexity index is 253. The highest BCUT2D eigenvalue weighted by Gasteiger charge is 2.10. The quantitative estimate of drug-likeness (QED) is 0.738. The number of benzene rings is 1. The molecule has 1 aromatic carbocycles. The van der Waals surface area contributed by atoms with Crippen LogP contribution in [0.2, 0.25) is 0 Å². The van der Waals surface area contributed by atoms with Gasteiger partial charge in [-0.1, -0.05) is 45.0 Å². The molecule has 72 valence electrons. The number of hydrogen-bond acceptors (Lipinski definition) is 1. The summed E-state index contributed by atoms with van der Waals surface area (Å²) in [6.45, 7) is 6.82. The van der Waals surface area contributed by atoms with Crippen molar-refractivity contribution < 1.29 is 5.11 Å². The first-order chi connectivity index (χ1) is 6.01. The van der Waals surface area contributed by atoms with Gasteiger partial charge in [-0.15, -0.1) is 0 Å². The number of aliphatic hydroxyl groups excluding tert-OH is 1. The molecule has 0 bridgehead atoms. The van der Waals surface area contributed by atoms with Crippen LogP contribution in [-0.4, -0.2) is 5.11 Å². The van der Waals surface area contributed by atoms with Crippen molar-refractivity contribution in [3.8, 4) is 0 Å². The first-order valence-electron chi connectivity index (χ1n) is 4.70. The molecule has 0 saturated carbocycles. The van der Waals surface area contributed by atoms with E-state index in [1.807, 2.05) is 12.1 Å². The van der Waals surface area contributed by atoms with E-state index in [2.05, 4.69) is 32.9 Å². The van der Waals surface area contributed by atoms with Crippen LogP contribution in [0.3, 0.4) is 0 Å². The van der Waals surface area contributed by atoms with Gasteiger partial charge in [-0.25, -0.2) is 0 Å². The lowest BCUT2D eigenvalue weighted by atomic mass is 9.88. The molecule has 0 spiro atoms. The van der Waals surface area contributed by atoms with Crippen LogP contribution in [0.1, 0.15) is 31.9 Å². The highest BCUT2D eigenvalue weighted by atomic mass is 16.3. The molecule has 0 aromatic heterocycles. The molecule has 13 heavy (non-hydrogen) atoms. The molecular weight excluding hydrogens is 160 g/mol.